The van der Waals surface area contributed by atoms with Gasteiger partial charge >= 0.3 is 0 Å². The number of hydrogen-bond acceptors (Lipinski definition) is 5. The van der Waals surface area contributed by atoms with E-state index in [4.69, 9.17) is 9.26 Å². The Morgan fingerprint density at radius 1 is 1.37 bits per heavy atom. The molecule has 1 heterocycles. The maximum absolute atomic E-state index is 12.8. The van der Waals surface area contributed by atoms with Gasteiger partial charge in [0, 0.05) is 32.2 Å². The molecular formula is C20H35N3O4. The maximum Gasteiger partial charge on any atom is 0.245 e. The van der Waals surface area contributed by atoms with Crippen molar-refractivity contribution in [3.8, 4) is 0 Å². The summed E-state index contributed by atoms with van der Waals surface area (Å²) in [5.74, 6) is 0.950. The summed E-state index contributed by atoms with van der Waals surface area (Å²) in [5.41, 5.74) is 0.168. The molecule has 0 spiro atoms. The largest absolute Gasteiger partial charge is 0.382 e. The van der Waals surface area contributed by atoms with Crippen molar-refractivity contribution in [1.29, 1.82) is 0 Å². The smallest absolute Gasteiger partial charge is 0.245 e. The monoisotopic (exact) mass is 381 g/mol. The minimum Gasteiger partial charge on any atom is -0.382 e. The van der Waals surface area contributed by atoms with Crippen LogP contribution in [0.25, 0.3) is 0 Å². The molecule has 0 aromatic carbocycles. The van der Waals surface area contributed by atoms with Gasteiger partial charge in [0.05, 0.1) is 6.54 Å². The van der Waals surface area contributed by atoms with E-state index in [1.807, 2.05) is 6.92 Å². The first kappa shape index (κ1) is 23.1. The SMILES string of the molecule is CCOCCCN(CC(=O)Nc1cc(C)on1)C(=O)CC(C)CC(C)(C)C. The molecule has 0 saturated heterocycles. The fourth-order valence-electron chi connectivity index (χ4n) is 3.12. The predicted octanol–water partition coefficient (Wildman–Crippen LogP) is 3.64. The van der Waals surface area contributed by atoms with Crippen molar-refractivity contribution in [2.75, 3.05) is 31.6 Å². The van der Waals surface area contributed by atoms with Crippen molar-refractivity contribution in [3.05, 3.63) is 11.8 Å². The third kappa shape index (κ3) is 10.1. The van der Waals surface area contributed by atoms with Crippen LogP contribution in [0.1, 0.15) is 59.6 Å². The van der Waals surface area contributed by atoms with Gasteiger partial charge in [-0.2, -0.15) is 0 Å². The number of rotatable bonds is 11. The minimum absolute atomic E-state index is 0.000889. The fraction of sp³-hybridized carbons (Fsp3) is 0.750. The zero-order chi connectivity index (χ0) is 20.4. The van der Waals surface area contributed by atoms with E-state index in [2.05, 4.69) is 38.2 Å². The van der Waals surface area contributed by atoms with Crippen molar-refractivity contribution in [1.82, 2.24) is 10.1 Å². The highest BCUT2D eigenvalue weighted by atomic mass is 16.5. The van der Waals surface area contributed by atoms with Crippen LogP contribution in [0.4, 0.5) is 5.82 Å². The first-order chi connectivity index (χ1) is 12.6. The summed E-state index contributed by atoms with van der Waals surface area (Å²) in [6.45, 7) is 14.0. The lowest BCUT2D eigenvalue weighted by atomic mass is 9.84. The molecule has 7 heteroatoms. The molecule has 1 atom stereocenters. The van der Waals surface area contributed by atoms with Gasteiger partial charge in [-0.15, -0.1) is 0 Å². The lowest BCUT2D eigenvalue weighted by Crippen LogP contribution is -2.39. The average molecular weight is 382 g/mol. The number of carbonyl (C=O) groups excluding carboxylic acids is 2. The standard InChI is InChI=1S/C20H35N3O4/c1-7-26-10-8-9-23(19(25)11-15(2)13-20(4,5)6)14-18(24)21-17-12-16(3)27-22-17/h12,15H,7-11,13-14H2,1-6H3,(H,21,22,24). The Balaban J connectivity index is 2.64. The highest BCUT2D eigenvalue weighted by molar-refractivity contribution is 5.93. The number of aryl methyl sites for hydroxylation is 1. The Kier molecular flexibility index (Phi) is 9.49. The second kappa shape index (κ2) is 11.1. The molecule has 154 valence electrons. The molecule has 1 aromatic rings. The van der Waals surface area contributed by atoms with Crippen LogP contribution in [-0.4, -0.2) is 48.2 Å². The molecule has 7 nitrogen and oxygen atoms in total. The number of aromatic nitrogens is 1. The van der Waals surface area contributed by atoms with Crippen LogP contribution in [0.2, 0.25) is 0 Å². The van der Waals surface area contributed by atoms with Crippen LogP contribution in [0.5, 0.6) is 0 Å². The molecule has 0 radical (unpaired) electrons. The summed E-state index contributed by atoms with van der Waals surface area (Å²) in [5, 5.41) is 6.42. The molecule has 27 heavy (non-hydrogen) atoms. The second-order valence-electron chi connectivity index (χ2n) is 8.31. The molecule has 1 rings (SSSR count). The Labute approximate surface area is 162 Å². The van der Waals surface area contributed by atoms with Gasteiger partial charge in [0.1, 0.15) is 5.76 Å². The molecule has 0 bridgehead atoms. The number of anilines is 1. The average Bonchev–Trinajstić information content (AvgIpc) is 2.93. The number of nitrogens with zero attached hydrogens (tertiary/aromatic N) is 2. The van der Waals surface area contributed by atoms with Gasteiger partial charge in [-0.1, -0.05) is 32.9 Å². The van der Waals surface area contributed by atoms with Crippen molar-refractivity contribution in [3.63, 3.8) is 0 Å². The summed E-state index contributed by atoms with van der Waals surface area (Å²) in [7, 11) is 0. The van der Waals surface area contributed by atoms with Gasteiger partial charge in [0.15, 0.2) is 5.82 Å². The summed E-state index contributed by atoms with van der Waals surface area (Å²) >= 11 is 0. The molecule has 0 aliphatic rings. The summed E-state index contributed by atoms with van der Waals surface area (Å²) in [4.78, 5) is 26.7. The van der Waals surface area contributed by atoms with E-state index in [0.29, 0.717) is 44.2 Å². The van der Waals surface area contributed by atoms with Gasteiger partial charge in [0.25, 0.3) is 0 Å². The molecular weight excluding hydrogens is 346 g/mol. The van der Waals surface area contributed by atoms with Gasteiger partial charge in [-0.3, -0.25) is 9.59 Å². The van der Waals surface area contributed by atoms with Crippen LogP contribution in [0.3, 0.4) is 0 Å². The van der Waals surface area contributed by atoms with E-state index in [0.717, 1.165) is 6.42 Å². The third-order valence-corrected chi connectivity index (χ3v) is 3.99. The Morgan fingerprint density at radius 3 is 2.63 bits per heavy atom. The highest BCUT2D eigenvalue weighted by Crippen LogP contribution is 2.26. The van der Waals surface area contributed by atoms with E-state index in [-0.39, 0.29) is 29.7 Å². The van der Waals surface area contributed by atoms with E-state index in [9.17, 15) is 9.59 Å². The van der Waals surface area contributed by atoms with E-state index < -0.39 is 0 Å². The predicted molar refractivity (Wildman–Crippen MR) is 105 cm³/mol. The topological polar surface area (TPSA) is 84.7 Å². The van der Waals surface area contributed by atoms with Crippen LogP contribution in [0, 0.1) is 18.3 Å². The van der Waals surface area contributed by atoms with E-state index in [1.165, 1.54) is 0 Å². The lowest BCUT2D eigenvalue weighted by molar-refractivity contribution is -0.135. The zero-order valence-electron chi connectivity index (χ0n) is 17.6. The van der Waals surface area contributed by atoms with E-state index in [1.54, 1.807) is 17.9 Å². The van der Waals surface area contributed by atoms with Crippen molar-refractivity contribution < 1.29 is 18.8 Å². The third-order valence-electron chi connectivity index (χ3n) is 3.99. The van der Waals surface area contributed by atoms with Gasteiger partial charge in [-0.05, 0) is 38.0 Å². The van der Waals surface area contributed by atoms with Crippen molar-refractivity contribution in [2.24, 2.45) is 11.3 Å². The fourth-order valence-corrected chi connectivity index (χ4v) is 3.12. The minimum atomic E-state index is -0.281. The van der Waals surface area contributed by atoms with Gasteiger partial charge in [-0.25, -0.2) is 0 Å². The number of amides is 2. The number of carbonyl (C=O) groups is 2. The lowest BCUT2D eigenvalue weighted by Gasteiger charge is -2.26. The van der Waals surface area contributed by atoms with Crippen LogP contribution >= 0.6 is 0 Å². The first-order valence-corrected chi connectivity index (χ1v) is 9.69. The van der Waals surface area contributed by atoms with Crippen molar-refractivity contribution in [2.45, 2.75) is 60.8 Å². The number of hydrogen-bond donors (Lipinski definition) is 1. The van der Waals surface area contributed by atoms with E-state index >= 15 is 0 Å². The summed E-state index contributed by atoms with van der Waals surface area (Å²) in [6.07, 6.45) is 2.09. The number of ether oxygens (including phenoxy) is 1. The Hall–Kier alpha value is -1.89. The molecule has 0 fully saturated rings. The molecule has 0 aliphatic heterocycles. The first-order valence-electron chi connectivity index (χ1n) is 9.69. The quantitative estimate of drug-likeness (QED) is 0.592. The zero-order valence-corrected chi connectivity index (χ0v) is 17.6. The van der Waals surface area contributed by atoms with Crippen LogP contribution in [0.15, 0.2) is 10.6 Å². The van der Waals surface area contributed by atoms with Gasteiger partial charge in [0.2, 0.25) is 11.8 Å². The molecule has 0 aliphatic carbocycles. The van der Waals surface area contributed by atoms with Crippen LogP contribution in [-0.2, 0) is 14.3 Å². The maximum atomic E-state index is 12.8. The normalized spacial score (nSPS) is 12.7. The van der Waals surface area contributed by atoms with Crippen LogP contribution < -0.4 is 5.32 Å². The summed E-state index contributed by atoms with van der Waals surface area (Å²) in [6, 6.07) is 1.64. The Morgan fingerprint density at radius 2 is 2.07 bits per heavy atom. The molecule has 1 unspecified atom stereocenters. The summed E-state index contributed by atoms with van der Waals surface area (Å²) < 4.78 is 10.3. The molecule has 1 aromatic heterocycles. The molecule has 2 amide bonds. The number of nitrogens with one attached hydrogen (secondary N) is 1. The van der Waals surface area contributed by atoms with Gasteiger partial charge < -0.3 is 19.5 Å². The highest BCUT2D eigenvalue weighted by Gasteiger charge is 2.22. The second-order valence-corrected chi connectivity index (χ2v) is 8.31. The molecule has 1 N–H and O–H groups in total. The Bertz CT molecular complexity index is 592. The molecule has 0 saturated carbocycles. The van der Waals surface area contributed by atoms with Crippen molar-refractivity contribution >= 4 is 17.6 Å².